The van der Waals surface area contributed by atoms with Crippen LogP contribution < -0.4 is 15.5 Å². The molecular formula is C30H29ClN6O2. The van der Waals surface area contributed by atoms with Gasteiger partial charge in [0.15, 0.2) is 0 Å². The number of carbonyl (C=O) groups excluding carboxylic acids is 2. The van der Waals surface area contributed by atoms with Gasteiger partial charge >= 0.3 is 0 Å². The van der Waals surface area contributed by atoms with Gasteiger partial charge in [-0.1, -0.05) is 41.9 Å². The van der Waals surface area contributed by atoms with E-state index in [1.807, 2.05) is 84.4 Å². The largest absolute Gasteiger partial charge is 0.354 e. The maximum Gasteiger partial charge on any atom is 0.258 e. The Morgan fingerprint density at radius 1 is 1.03 bits per heavy atom. The highest BCUT2D eigenvalue weighted by Gasteiger charge is 2.28. The first-order valence-electron chi connectivity index (χ1n) is 12.5. The summed E-state index contributed by atoms with van der Waals surface area (Å²) in [6.45, 7) is 1.02. The number of aromatic nitrogens is 2. The van der Waals surface area contributed by atoms with E-state index in [-0.39, 0.29) is 11.8 Å². The summed E-state index contributed by atoms with van der Waals surface area (Å²) >= 11 is 6.19. The van der Waals surface area contributed by atoms with Crippen molar-refractivity contribution in [3.8, 4) is 0 Å². The molecule has 1 aliphatic heterocycles. The van der Waals surface area contributed by atoms with Crippen molar-refractivity contribution in [1.29, 1.82) is 0 Å². The molecule has 39 heavy (non-hydrogen) atoms. The molecule has 4 aromatic rings. The molecule has 5 rings (SSSR count). The molecular weight excluding hydrogens is 512 g/mol. The maximum atomic E-state index is 13.2. The van der Waals surface area contributed by atoms with Crippen molar-refractivity contribution in [2.45, 2.75) is 6.54 Å². The lowest BCUT2D eigenvalue weighted by atomic mass is 9.99. The van der Waals surface area contributed by atoms with Gasteiger partial charge in [-0.15, -0.1) is 0 Å². The molecule has 0 saturated heterocycles. The number of carbonyl (C=O) groups is 2. The lowest BCUT2D eigenvalue weighted by molar-refractivity contribution is -0.119. The van der Waals surface area contributed by atoms with E-state index in [1.54, 1.807) is 36.6 Å². The van der Waals surface area contributed by atoms with Crippen LogP contribution in [0.4, 0.5) is 17.1 Å². The van der Waals surface area contributed by atoms with Gasteiger partial charge in [0.2, 0.25) is 5.91 Å². The van der Waals surface area contributed by atoms with E-state index in [1.165, 1.54) is 0 Å². The number of imidazole rings is 1. The summed E-state index contributed by atoms with van der Waals surface area (Å²) in [7, 11) is 5.49. The predicted octanol–water partition coefficient (Wildman–Crippen LogP) is 5.04. The van der Waals surface area contributed by atoms with Gasteiger partial charge in [-0.3, -0.25) is 9.59 Å². The number of amides is 2. The zero-order chi connectivity index (χ0) is 27.5. The standard InChI is InChI=1S/C30H29ClN6O2/c1-35(2)18-27(38)36(3)24-11-9-23(10-12-24)33-29(28-25-13-8-22(31)16-26(25)34-30(28)39)21-6-4-20(5-7-21)17-37-15-14-32-19-37/h4-16,19,33H,17-18H2,1-3H3,(H,34,39). The first-order chi connectivity index (χ1) is 18.8. The number of fused-ring (bicyclic) bond motifs is 1. The first kappa shape index (κ1) is 26.2. The van der Waals surface area contributed by atoms with Crippen molar-refractivity contribution < 1.29 is 9.59 Å². The average Bonchev–Trinajstić information content (AvgIpc) is 3.54. The molecule has 0 saturated carbocycles. The molecule has 3 aromatic carbocycles. The SMILES string of the molecule is CN(C)CC(=O)N(C)c1ccc(NC(=C2C(=O)Nc3cc(Cl)ccc32)c2ccc(Cn3ccnc3)cc2)cc1. The van der Waals surface area contributed by atoms with E-state index < -0.39 is 0 Å². The Bertz CT molecular complexity index is 1530. The van der Waals surface area contributed by atoms with Gasteiger partial charge in [-0.2, -0.15) is 0 Å². The minimum absolute atomic E-state index is 0.00260. The smallest absolute Gasteiger partial charge is 0.258 e. The Labute approximate surface area is 232 Å². The Balaban J connectivity index is 1.49. The summed E-state index contributed by atoms with van der Waals surface area (Å²) in [6, 6.07) is 21.1. The molecule has 0 aliphatic carbocycles. The molecule has 9 heteroatoms. The monoisotopic (exact) mass is 540 g/mol. The van der Waals surface area contributed by atoms with Crippen LogP contribution >= 0.6 is 11.6 Å². The number of rotatable bonds is 8. The minimum atomic E-state index is -0.206. The lowest BCUT2D eigenvalue weighted by Gasteiger charge is -2.20. The van der Waals surface area contributed by atoms with Crippen molar-refractivity contribution in [3.63, 3.8) is 0 Å². The highest BCUT2D eigenvalue weighted by molar-refractivity contribution is 6.38. The van der Waals surface area contributed by atoms with Crippen LogP contribution in [0.5, 0.6) is 0 Å². The van der Waals surface area contributed by atoms with E-state index >= 15 is 0 Å². The highest BCUT2D eigenvalue weighted by Crippen LogP contribution is 2.39. The zero-order valence-electron chi connectivity index (χ0n) is 22.0. The van der Waals surface area contributed by atoms with Gasteiger partial charge in [0.1, 0.15) is 0 Å². The Morgan fingerprint density at radius 3 is 2.44 bits per heavy atom. The van der Waals surface area contributed by atoms with Crippen LogP contribution in [-0.2, 0) is 16.1 Å². The van der Waals surface area contributed by atoms with Crippen molar-refractivity contribution in [3.05, 3.63) is 107 Å². The van der Waals surface area contributed by atoms with Crippen LogP contribution in [0.2, 0.25) is 5.02 Å². The first-order valence-corrected chi connectivity index (χ1v) is 12.9. The van der Waals surface area contributed by atoms with E-state index in [0.29, 0.717) is 35.1 Å². The molecule has 1 aliphatic rings. The summed E-state index contributed by atoms with van der Waals surface area (Å²) in [5.74, 6) is -0.208. The third-order valence-corrected chi connectivity index (χ3v) is 6.73. The lowest BCUT2D eigenvalue weighted by Crippen LogP contribution is -2.34. The van der Waals surface area contributed by atoms with Gasteiger partial charge < -0.3 is 25.0 Å². The van der Waals surface area contributed by atoms with Crippen LogP contribution in [0.15, 0.2) is 85.5 Å². The van der Waals surface area contributed by atoms with Crippen molar-refractivity contribution in [2.24, 2.45) is 0 Å². The van der Waals surface area contributed by atoms with Gasteiger partial charge in [0.25, 0.3) is 5.91 Å². The van der Waals surface area contributed by atoms with E-state index in [2.05, 4.69) is 15.6 Å². The molecule has 8 nitrogen and oxygen atoms in total. The number of likely N-dealkylation sites (N-methyl/N-ethyl adjacent to an activating group) is 2. The van der Waals surface area contributed by atoms with E-state index in [9.17, 15) is 9.59 Å². The second-order valence-corrected chi connectivity index (χ2v) is 10.1. The zero-order valence-corrected chi connectivity index (χ0v) is 22.7. The molecule has 0 radical (unpaired) electrons. The highest BCUT2D eigenvalue weighted by atomic mass is 35.5. The van der Waals surface area contributed by atoms with Gasteiger partial charge in [0, 0.05) is 47.9 Å². The fourth-order valence-electron chi connectivity index (χ4n) is 4.47. The summed E-state index contributed by atoms with van der Waals surface area (Å²) in [6.07, 6.45) is 5.45. The molecule has 2 amide bonds. The van der Waals surface area contributed by atoms with Crippen LogP contribution in [-0.4, -0.2) is 54.0 Å². The summed E-state index contributed by atoms with van der Waals surface area (Å²) < 4.78 is 2.00. The summed E-state index contributed by atoms with van der Waals surface area (Å²) in [4.78, 5) is 33.3. The van der Waals surface area contributed by atoms with Crippen LogP contribution in [0.3, 0.4) is 0 Å². The third kappa shape index (κ3) is 5.87. The van der Waals surface area contributed by atoms with Gasteiger partial charge in [-0.05, 0) is 61.6 Å². The quantitative estimate of drug-likeness (QED) is 0.306. The molecule has 2 N–H and O–H groups in total. The van der Waals surface area contributed by atoms with Gasteiger partial charge in [0.05, 0.1) is 29.8 Å². The molecule has 1 aromatic heterocycles. The number of hydrogen-bond donors (Lipinski definition) is 2. The second kappa shape index (κ2) is 11.1. The number of hydrogen-bond acceptors (Lipinski definition) is 5. The Morgan fingerprint density at radius 2 is 1.77 bits per heavy atom. The molecule has 198 valence electrons. The molecule has 0 bridgehead atoms. The van der Waals surface area contributed by atoms with Crippen molar-refractivity contribution >= 4 is 51.7 Å². The number of anilines is 3. The summed E-state index contributed by atoms with van der Waals surface area (Å²) in [5.41, 5.74) is 6.20. The van der Waals surface area contributed by atoms with Crippen LogP contribution in [0.25, 0.3) is 11.3 Å². The summed E-state index contributed by atoms with van der Waals surface area (Å²) in [5, 5.41) is 6.97. The molecule has 0 unspecified atom stereocenters. The number of nitrogens with one attached hydrogen (secondary N) is 2. The predicted molar refractivity (Wildman–Crippen MR) is 157 cm³/mol. The van der Waals surface area contributed by atoms with Gasteiger partial charge in [-0.25, -0.2) is 4.98 Å². The number of nitrogens with zero attached hydrogens (tertiary/aromatic N) is 4. The molecule has 2 heterocycles. The topological polar surface area (TPSA) is 82.5 Å². The van der Waals surface area contributed by atoms with Crippen LogP contribution in [0, 0.1) is 0 Å². The molecule has 0 atom stereocenters. The fourth-order valence-corrected chi connectivity index (χ4v) is 4.65. The van der Waals surface area contributed by atoms with Crippen molar-refractivity contribution in [2.75, 3.05) is 43.2 Å². The molecule has 0 fully saturated rings. The number of halogens is 1. The third-order valence-electron chi connectivity index (χ3n) is 6.49. The Kier molecular flexibility index (Phi) is 7.49. The average molecular weight is 541 g/mol. The molecule has 0 spiro atoms. The van der Waals surface area contributed by atoms with Crippen molar-refractivity contribution in [1.82, 2.24) is 14.5 Å². The Hall–Kier alpha value is -4.40. The van der Waals surface area contributed by atoms with Crippen LogP contribution in [0.1, 0.15) is 16.7 Å². The van der Waals surface area contributed by atoms with E-state index in [4.69, 9.17) is 11.6 Å². The second-order valence-electron chi connectivity index (χ2n) is 9.69. The minimum Gasteiger partial charge on any atom is -0.354 e. The normalized spacial score (nSPS) is 13.7. The maximum absolute atomic E-state index is 13.2. The fraction of sp³-hybridized carbons (Fsp3) is 0.167. The number of benzene rings is 3. The van der Waals surface area contributed by atoms with E-state index in [0.717, 1.165) is 28.1 Å².